The summed E-state index contributed by atoms with van der Waals surface area (Å²) in [6, 6.07) is 12.8. The third-order valence-corrected chi connectivity index (χ3v) is 5.02. The SMILES string of the molecule is O=C(CN1CCN(Cc2cc(-c3ccco3)on2)CC1)Nc1ccccc1Cl. The first-order valence-electron chi connectivity index (χ1n) is 9.16. The molecule has 0 spiro atoms. The Balaban J connectivity index is 1.23. The minimum absolute atomic E-state index is 0.0545. The zero-order valence-electron chi connectivity index (χ0n) is 15.3. The van der Waals surface area contributed by atoms with E-state index in [2.05, 4.69) is 20.3 Å². The van der Waals surface area contributed by atoms with Crippen LogP contribution < -0.4 is 5.32 Å². The van der Waals surface area contributed by atoms with E-state index in [0.717, 1.165) is 31.9 Å². The molecule has 0 saturated carbocycles. The fourth-order valence-electron chi connectivity index (χ4n) is 3.21. The van der Waals surface area contributed by atoms with Crippen LogP contribution in [0.15, 0.2) is 57.7 Å². The molecular formula is C20H21ClN4O3. The van der Waals surface area contributed by atoms with E-state index in [1.807, 2.05) is 30.3 Å². The number of hydrogen-bond donors (Lipinski definition) is 1. The number of piperazine rings is 1. The summed E-state index contributed by atoms with van der Waals surface area (Å²) in [7, 11) is 0. The van der Waals surface area contributed by atoms with Gasteiger partial charge in [0.1, 0.15) is 0 Å². The second-order valence-electron chi connectivity index (χ2n) is 6.74. The first-order chi connectivity index (χ1) is 13.7. The fourth-order valence-corrected chi connectivity index (χ4v) is 3.39. The zero-order chi connectivity index (χ0) is 19.3. The van der Waals surface area contributed by atoms with Crippen molar-refractivity contribution in [1.29, 1.82) is 0 Å². The highest BCUT2D eigenvalue weighted by Crippen LogP contribution is 2.22. The van der Waals surface area contributed by atoms with Gasteiger partial charge in [-0.15, -0.1) is 0 Å². The van der Waals surface area contributed by atoms with Crippen LogP contribution >= 0.6 is 11.6 Å². The van der Waals surface area contributed by atoms with Gasteiger partial charge in [-0.3, -0.25) is 14.6 Å². The van der Waals surface area contributed by atoms with Crippen LogP contribution in [0.2, 0.25) is 5.02 Å². The smallest absolute Gasteiger partial charge is 0.238 e. The number of furan rings is 1. The van der Waals surface area contributed by atoms with Gasteiger partial charge in [0.15, 0.2) is 5.76 Å². The number of halogens is 1. The Bertz CT molecular complexity index is 917. The first-order valence-corrected chi connectivity index (χ1v) is 9.54. The molecule has 0 unspecified atom stereocenters. The summed E-state index contributed by atoms with van der Waals surface area (Å²) in [6.45, 7) is 4.43. The molecule has 1 fully saturated rings. The lowest BCUT2D eigenvalue weighted by atomic mass is 10.2. The molecule has 1 aliphatic heterocycles. The number of amides is 1. The highest BCUT2D eigenvalue weighted by molar-refractivity contribution is 6.33. The fraction of sp³-hybridized carbons (Fsp3) is 0.300. The molecule has 28 heavy (non-hydrogen) atoms. The summed E-state index contributed by atoms with van der Waals surface area (Å²) in [5.41, 5.74) is 1.52. The minimum Gasteiger partial charge on any atom is -0.461 e. The summed E-state index contributed by atoms with van der Waals surface area (Å²) in [5, 5.41) is 7.53. The molecule has 3 aromatic rings. The van der Waals surface area contributed by atoms with E-state index in [1.165, 1.54) is 0 Å². The van der Waals surface area contributed by atoms with Crippen molar-refractivity contribution >= 4 is 23.2 Å². The van der Waals surface area contributed by atoms with Crippen molar-refractivity contribution in [3.8, 4) is 11.5 Å². The maximum Gasteiger partial charge on any atom is 0.238 e. The Labute approximate surface area is 167 Å². The molecule has 7 nitrogen and oxygen atoms in total. The van der Waals surface area contributed by atoms with E-state index in [1.54, 1.807) is 18.4 Å². The van der Waals surface area contributed by atoms with Gasteiger partial charge in [0.05, 0.1) is 29.2 Å². The minimum atomic E-state index is -0.0545. The molecule has 2 aromatic heterocycles. The Morgan fingerprint density at radius 3 is 2.61 bits per heavy atom. The number of aromatic nitrogens is 1. The summed E-state index contributed by atoms with van der Waals surface area (Å²) in [5.74, 6) is 1.25. The maximum absolute atomic E-state index is 12.3. The third-order valence-electron chi connectivity index (χ3n) is 4.69. The van der Waals surface area contributed by atoms with Gasteiger partial charge in [-0.2, -0.15) is 0 Å². The molecule has 0 radical (unpaired) electrons. The lowest BCUT2D eigenvalue weighted by Gasteiger charge is -2.33. The van der Waals surface area contributed by atoms with Crippen LogP contribution in [0.1, 0.15) is 5.69 Å². The monoisotopic (exact) mass is 400 g/mol. The summed E-state index contributed by atoms with van der Waals surface area (Å²) in [4.78, 5) is 16.7. The van der Waals surface area contributed by atoms with Crippen LogP contribution in [0.4, 0.5) is 5.69 Å². The highest BCUT2D eigenvalue weighted by Gasteiger charge is 2.20. The number of nitrogens with zero attached hydrogens (tertiary/aromatic N) is 3. The molecule has 1 amide bonds. The molecule has 146 valence electrons. The summed E-state index contributed by atoms with van der Waals surface area (Å²) >= 11 is 6.09. The molecule has 1 N–H and O–H groups in total. The number of hydrogen-bond acceptors (Lipinski definition) is 6. The van der Waals surface area contributed by atoms with E-state index in [9.17, 15) is 4.79 Å². The summed E-state index contributed by atoms with van der Waals surface area (Å²) < 4.78 is 10.7. The Kier molecular flexibility index (Phi) is 5.76. The van der Waals surface area contributed by atoms with Crippen LogP contribution in [0.25, 0.3) is 11.5 Å². The van der Waals surface area contributed by atoms with Crippen molar-refractivity contribution in [3.05, 3.63) is 59.4 Å². The predicted molar refractivity (Wildman–Crippen MR) is 106 cm³/mol. The van der Waals surface area contributed by atoms with Crippen molar-refractivity contribution < 1.29 is 13.7 Å². The van der Waals surface area contributed by atoms with Gasteiger partial charge in [-0.1, -0.05) is 28.9 Å². The van der Waals surface area contributed by atoms with Gasteiger partial charge in [0.25, 0.3) is 0 Å². The van der Waals surface area contributed by atoms with E-state index in [-0.39, 0.29) is 5.91 Å². The van der Waals surface area contributed by atoms with Crippen molar-refractivity contribution in [2.24, 2.45) is 0 Å². The quantitative estimate of drug-likeness (QED) is 0.684. The number of benzene rings is 1. The van der Waals surface area contributed by atoms with Crippen molar-refractivity contribution in [1.82, 2.24) is 15.0 Å². The number of rotatable bonds is 6. The summed E-state index contributed by atoms with van der Waals surface area (Å²) in [6.07, 6.45) is 1.61. The van der Waals surface area contributed by atoms with Crippen LogP contribution in [-0.4, -0.2) is 53.6 Å². The third kappa shape index (κ3) is 4.62. The average molecular weight is 401 g/mol. The Morgan fingerprint density at radius 2 is 1.86 bits per heavy atom. The zero-order valence-corrected chi connectivity index (χ0v) is 16.1. The van der Waals surface area contributed by atoms with Gasteiger partial charge in [0, 0.05) is 38.8 Å². The molecule has 4 rings (SSSR count). The highest BCUT2D eigenvalue weighted by atomic mass is 35.5. The van der Waals surface area contributed by atoms with E-state index < -0.39 is 0 Å². The Hall–Kier alpha value is -2.61. The van der Waals surface area contributed by atoms with Gasteiger partial charge in [-0.05, 0) is 24.3 Å². The van der Waals surface area contributed by atoms with Gasteiger partial charge < -0.3 is 14.3 Å². The topological polar surface area (TPSA) is 74.8 Å². The molecule has 0 bridgehead atoms. The van der Waals surface area contributed by atoms with E-state index >= 15 is 0 Å². The van der Waals surface area contributed by atoms with Crippen LogP contribution in [0.3, 0.4) is 0 Å². The van der Waals surface area contributed by atoms with Gasteiger partial charge in [-0.25, -0.2) is 0 Å². The lowest BCUT2D eigenvalue weighted by Crippen LogP contribution is -2.48. The van der Waals surface area contributed by atoms with E-state index in [0.29, 0.717) is 35.3 Å². The molecule has 1 saturated heterocycles. The normalized spacial score (nSPS) is 15.6. The predicted octanol–water partition coefficient (Wildman–Crippen LogP) is 3.34. The Morgan fingerprint density at radius 1 is 1.07 bits per heavy atom. The lowest BCUT2D eigenvalue weighted by molar-refractivity contribution is -0.117. The largest absolute Gasteiger partial charge is 0.461 e. The number of carbonyl (C=O) groups excluding carboxylic acids is 1. The number of para-hydroxylation sites is 1. The number of anilines is 1. The molecular weight excluding hydrogens is 380 g/mol. The van der Waals surface area contributed by atoms with Crippen LogP contribution in [-0.2, 0) is 11.3 Å². The first kappa shape index (κ1) is 18.7. The van der Waals surface area contributed by atoms with Crippen molar-refractivity contribution in [3.63, 3.8) is 0 Å². The second kappa shape index (κ2) is 8.60. The number of nitrogens with one attached hydrogen (secondary N) is 1. The maximum atomic E-state index is 12.3. The molecule has 1 aromatic carbocycles. The molecule has 8 heteroatoms. The number of carbonyl (C=O) groups is 1. The standard InChI is InChI=1S/C20H21ClN4O3/c21-16-4-1-2-5-17(16)22-20(26)14-25-9-7-24(8-10-25)13-15-12-19(28-23-15)18-6-3-11-27-18/h1-6,11-12H,7-10,13-14H2,(H,22,26). The molecule has 3 heterocycles. The molecule has 1 aliphatic rings. The van der Waals surface area contributed by atoms with Gasteiger partial charge in [0.2, 0.25) is 11.7 Å². The van der Waals surface area contributed by atoms with Crippen LogP contribution in [0, 0.1) is 0 Å². The molecule has 0 aliphatic carbocycles. The van der Waals surface area contributed by atoms with Crippen LogP contribution in [0.5, 0.6) is 0 Å². The van der Waals surface area contributed by atoms with E-state index in [4.69, 9.17) is 20.5 Å². The van der Waals surface area contributed by atoms with Crippen molar-refractivity contribution in [2.45, 2.75) is 6.54 Å². The molecule has 0 atom stereocenters. The van der Waals surface area contributed by atoms with Crippen molar-refractivity contribution in [2.75, 3.05) is 38.0 Å². The van der Waals surface area contributed by atoms with Gasteiger partial charge >= 0.3 is 0 Å². The second-order valence-corrected chi connectivity index (χ2v) is 7.15. The average Bonchev–Trinajstić information content (AvgIpc) is 3.37.